The second-order valence-electron chi connectivity index (χ2n) is 5.60. The van der Waals surface area contributed by atoms with Crippen molar-refractivity contribution in [2.75, 3.05) is 6.54 Å². The summed E-state index contributed by atoms with van der Waals surface area (Å²) < 4.78 is 26.9. The van der Waals surface area contributed by atoms with E-state index >= 15 is 0 Å². The summed E-state index contributed by atoms with van der Waals surface area (Å²) in [6.07, 6.45) is 2.06. The van der Waals surface area contributed by atoms with Gasteiger partial charge in [-0.3, -0.25) is 4.79 Å². The summed E-state index contributed by atoms with van der Waals surface area (Å²) >= 11 is 0. The summed E-state index contributed by atoms with van der Waals surface area (Å²) in [5.74, 6) is 0.173. The number of carbonyl (C=O) groups excluding carboxylic acids is 1. The van der Waals surface area contributed by atoms with Gasteiger partial charge in [-0.05, 0) is 37.6 Å². The zero-order valence-corrected chi connectivity index (χ0v) is 12.4. The minimum Gasteiger partial charge on any atom is -0.295 e. The maximum absolute atomic E-state index is 12.7. The molecular formula is C15H17NO3S. The van der Waals surface area contributed by atoms with Crippen LogP contribution in [0.25, 0.3) is 0 Å². The highest BCUT2D eigenvalue weighted by atomic mass is 32.2. The van der Waals surface area contributed by atoms with E-state index in [2.05, 4.69) is 0 Å². The first-order valence-corrected chi connectivity index (χ1v) is 8.15. The maximum atomic E-state index is 12.7. The van der Waals surface area contributed by atoms with E-state index in [9.17, 15) is 13.2 Å². The Bertz CT molecular complexity index is 688. The van der Waals surface area contributed by atoms with Crippen LogP contribution in [0.1, 0.15) is 18.9 Å². The molecule has 1 aromatic rings. The number of aryl methyl sites for hydroxylation is 1. The molecule has 1 heterocycles. The predicted molar refractivity (Wildman–Crippen MR) is 75.7 cm³/mol. The fraction of sp³-hybridized carbons (Fsp3) is 0.400. The van der Waals surface area contributed by atoms with Crippen molar-refractivity contribution in [3.05, 3.63) is 41.5 Å². The molecule has 0 bridgehead atoms. The first-order chi connectivity index (χ1) is 9.39. The minimum atomic E-state index is -3.48. The summed E-state index contributed by atoms with van der Waals surface area (Å²) in [6, 6.07) is 6.74. The molecular weight excluding hydrogens is 274 g/mol. The Morgan fingerprint density at radius 2 is 1.85 bits per heavy atom. The van der Waals surface area contributed by atoms with Gasteiger partial charge in [-0.2, -0.15) is 4.31 Å². The monoisotopic (exact) mass is 291 g/mol. The molecule has 1 aromatic carbocycles. The second kappa shape index (κ2) is 4.53. The zero-order valence-electron chi connectivity index (χ0n) is 11.5. The molecule has 1 aliphatic heterocycles. The molecule has 3 rings (SSSR count). The molecule has 20 heavy (non-hydrogen) atoms. The van der Waals surface area contributed by atoms with Gasteiger partial charge in [-0.15, -0.1) is 0 Å². The van der Waals surface area contributed by atoms with Crippen LogP contribution in [-0.4, -0.2) is 31.1 Å². The van der Waals surface area contributed by atoms with Crippen molar-refractivity contribution in [3.8, 4) is 0 Å². The van der Waals surface area contributed by atoms with Crippen molar-refractivity contribution in [1.82, 2.24) is 4.31 Å². The van der Waals surface area contributed by atoms with Gasteiger partial charge < -0.3 is 0 Å². The van der Waals surface area contributed by atoms with Crippen LogP contribution in [0.5, 0.6) is 0 Å². The number of allylic oxidation sites excluding steroid dienone is 1. The molecule has 0 N–H and O–H groups in total. The number of hydrogen-bond acceptors (Lipinski definition) is 3. The van der Waals surface area contributed by atoms with Crippen LogP contribution in [0, 0.1) is 12.8 Å². The van der Waals surface area contributed by atoms with Gasteiger partial charge in [0.1, 0.15) is 0 Å². The highest BCUT2D eigenvalue weighted by molar-refractivity contribution is 7.89. The van der Waals surface area contributed by atoms with Crippen LogP contribution in [0.3, 0.4) is 0 Å². The third-order valence-electron chi connectivity index (χ3n) is 4.25. The highest BCUT2D eigenvalue weighted by Crippen LogP contribution is 2.39. The number of benzene rings is 1. The quantitative estimate of drug-likeness (QED) is 0.836. The Kier molecular flexibility index (Phi) is 3.06. The molecule has 1 fully saturated rings. The molecule has 5 heteroatoms. The fourth-order valence-electron chi connectivity index (χ4n) is 3.04. The van der Waals surface area contributed by atoms with E-state index in [0.29, 0.717) is 17.9 Å². The van der Waals surface area contributed by atoms with Gasteiger partial charge in [0.15, 0.2) is 5.78 Å². The summed E-state index contributed by atoms with van der Waals surface area (Å²) in [5, 5.41) is 0. The molecule has 1 saturated heterocycles. The van der Waals surface area contributed by atoms with E-state index in [1.807, 2.05) is 13.8 Å². The smallest absolute Gasteiger partial charge is 0.243 e. The largest absolute Gasteiger partial charge is 0.295 e. The lowest BCUT2D eigenvalue weighted by Crippen LogP contribution is -2.36. The third-order valence-corrected chi connectivity index (χ3v) is 6.19. The summed E-state index contributed by atoms with van der Waals surface area (Å²) in [4.78, 5) is 11.7. The first-order valence-electron chi connectivity index (χ1n) is 6.71. The molecule has 0 amide bonds. The number of hydrogen-bond donors (Lipinski definition) is 0. The van der Waals surface area contributed by atoms with Crippen molar-refractivity contribution >= 4 is 15.8 Å². The van der Waals surface area contributed by atoms with Gasteiger partial charge in [0.25, 0.3) is 0 Å². The zero-order chi connectivity index (χ0) is 14.5. The van der Waals surface area contributed by atoms with Gasteiger partial charge in [0.05, 0.1) is 4.90 Å². The predicted octanol–water partition coefficient (Wildman–Crippen LogP) is 1.90. The molecule has 1 aliphatic carbocycles. The molecule has 2 atom stereocenters. The average molecular weight is 291 g/mol. The van der Waals surface area contributed by atoms with E-state index in [1.54, 1.807) is 30.3 Å². The SMILES string of the molecule is Cc1ccc(S(=O)(=O)N2CC3=CC(=O)C[C@@H]3[C@H]2C)cc1. The number of nitrogens with zero attached hydrogens (tertiary/aromatic N) is 1. The van der Waals surface area contributed by atoms with E-state index in [-0.39, 0.29) is 17.7 Å². The average Bonchev–Trinajstić information content (AvgIpc) is 2.89. The molecule has 0 unspecified atom stereocenters. The minimum absolute atomic E-state index is 0.0581. The van der Waals surface area contributed by atoms with Crippen LogP contribution in [0.2, 0.25) is 0 Å². The number of fused-ring (bicyclic) bond motifs is 1. The van der Waals surface area contributed by atoms with Crippen molar-refractivity contribution in [3.63, 3.8) is 0 Å². The third kappa shape index (κ3) is 2.01. The van der Waals surface area contributed by atoms with Crippen molar-refractivity contribution in [1.29, 1.82) is 0 Å². The van der Waals surface area contributed by atoms with Gasteiger partial charge >= 0.3 is 0 Å². The van der Waals surface area contributed by atoms with Crippen molar-refractivity contribution in [2.24, 2.45) is 5.92 Å². The molecule has 0 radical (unpaired) electrons. The molecule has 0 aromatic heterocycles. The summed E-state index contributed by atoms with van der Waals surface area (Å²) in [7, 11) is -3.48. The van der Waals surface area contributed by atoms with E-state index in [0.717, 1.165) is 11.1 Å². The van der Waals surface area contributed by atoms with Gasteiger partial charge in [-0.25, -0.2) is 8.42 Å². The maximum Gasteiger partial charge on any atom is 0.243 e. The Labute approximate surface area is 119 Å². The molecule has 0 spiro atoms. The fourth-order valence-corrected chi connectivity index (χ4v) is 4.69. The lowest BCUT2D eigenvalue weighted by Gasteiger charge is -2.23. The van der Waals surface area contributed by atoms with E-state index in [4.69, 9.17) is 0 Å². The number of carbonyl (C=O) groups is 1. The highest BCUT2D eigenvalue weighted by Gasteiger charge is 2.44. The standard InChI is InChI=1S/C15H17NO3S/c1-10-3-5-14(6-4-10)20(18,19)16-9-12-7-13(17)8-15(12)11(16)2/h3-7,11,15H,8-9H2,1-2H3/t11-,15-/m1/s1. The van der Waals surface area contributed by atoms with Gasteiger partial charge in [-0.1, -0.05) is 17.7 Å². The van der Waals surface area contributed by atoms with Crippen LogP contribution in [0.4, 0.5) is 0 Å². The number of rotatable bonds is 2. The van der Waals surface area contributed by atoms with Crippen LogP contribution < -0.4 is 0 Å². The topological polar surface area (TPSA) is 54.5 Å². The van der Waals surface area contributed by atoms with E-state index < -0.39 is 10.0 Å². The summed E-state index contributed by atoms with van der Waals surface area (Å²) in [5.41, 5.74) is 1.99. The second-order valence-corrected chi connectivity index (χ2v) is 7.49. The Balaban J connectivity index is 1.95. The lowest BCUT2D eigenvalue weighted by atomic mass is 9.99. The van der Waals surface area contributed by atoms with Gasteiger partial charge in [0.2, 0.25) is 10.0 Å². The summed E-state index contributed by atoms with van der Waals surface area (Å²) in [6.45, 7) is 4.15. The van der Waals surface area contributed by atoms with Crippen molar-refractivity contribution in [2.45, 2.75) is 31.2 Å². The van der Waals surface area contributed by atoms with Crippen molar-refractivity contribution < 1.29 is 13.2 Å². The lowest BCUT2D eigenvalue weighted by molar-refractivity contribution is -0.114. The van der Waals surface area contributed by atoms with Crippen LogP contribution in [0.15, 0.2) is 40.8 Å². The van der Waals surface area contributed by atoms with Gasteiger partial charge in [0, 0.05) is 24.9 Å². The number of sulfonamides is 1. The molecule has 4 nitrogen and oxygen atoms in total. The number of ketones is 1. The van der Waals surface area contributed by atoms with E-state index in [1.165, 1.54) is 4.31 Å². The first kappa shape index (κ1) is 13.5. The molecule has 0 saturated carbocycles. The Morgan fingerprint density at radius 1 is 1.20 bits per heavy atom. The Morgan fingerprint density at radius 3 is 2.45 bits per heavy atom. The Hall–Kier alpha value is -1.46. The normalized spacial score (nSPS) is 26.7. The van der Waals surface area contributed by atoms with Crippen LogP contribution >= 0.6 is 0 Å². The molecule has 2 aliphatic rings. The van der Waals surface area contributed by atoms with Crippen LogP contribution in [-0.2, 0) is 14.8 Å². The molecule has 106 valence electrons.